The monoisotopic (exact) mass is 344 g/mol. The Bertz CT molecular complexity index is 915. The van der Waals surface area contributed by atoms with E-state index in [1.807, 2.05) is 44.2 Å². The lowest BCUT2D eigenvalue weighted by molar-refractivity contribution is 0.601. The summed E-state index contributed by atoms with van der Waals surface area (Å²) in [4.78, 5) is 5.64. The van der Waals surface area contributed by atoms with Crippen LogP contribution in [0.5, 0.6) is 0 Å². The van der Waals surface area contributed by atoms with Crippen LogP contribution in [0.3, 0.4) is 0 Å². The first-order chi connectivity index (χ1) is 11.0. The minimum atomic E-state index is -3.62. The fraction of sp³-hybridized carbons (Fsp3) is 0.118. The molecule has 1 N–H and O–H groups in total. The van der Waals surface area contributed by atoms with Gasteiger partial charge in [-0.25, -0.2) is 13.4 Å². The molecule has 0 saturated carbocycles. The molecule has 3 rings (SSSR count). The summed E-state index contributed by atoms with van der Waals surface area (Å²) in [6.07, 6.45) is 0. The minimum Gasteiger partial charge on any atom is -0.255 e. The van der Waals surface area contributed by atoms with Gasteiger partial charge in [0.1, 0.15) is 0 Å². The smallest absolute Gasteiger partial charge is 0.255 e. The van der Waals surface area contributed by atoms with Crippen molar-refractivity contribution in [1.82, 2.24) is 4.98 Å². The number of benzene rings is 2. The van der Waals surface area contributed by atoms with Crippen molar-refractivity contribution in [2.24, 2.45) is 0 Å². The number of nitrogens with one attached hydrogen (secondary N) is 1. The SMILES string of the molecule is Cc1ccc(S(=O)(=O)Nc2nc(-c3ccccc3)c(C)s2)cc1. The average molecular weight is 344 g/mol. The zero-order chi connectivity index (χ0) is 16.4. The molecule has 0 amide bonds. The summed E-state index contributed by atoms with van der Waals surface area (Å²) >= 11 is 1.33. The molecule has 0 bridgehead atoms. The van der Waals surface area contributed by atoms with E-state index in [4.69, 9.17) is 0 Å². The fourth-order valence-corrected chi connectivity index (χ4v) is 4.27. The number of thiazole rings is 1. The molecule has 118 valence electrons. The van der Waals surface area contributed by atoms with E-state index in [9.17, 15) is 8.42 Å². The van der Waals surface area contributed by atoms with E-state index in [0.29, 0.717) is 5.13 Å². The number of sulfonamides is 1. The van der Waals surface area contributed by atoms with Gasteiger partial charge in [0.25, 0.3) is 10.0 Å². The Morgan fingerprint density at radius 3 is 2.26 bits per heavy atom. The Hall–Kier alpha value is -2.18. The standard InChI is InChI=1S/C17H16N2O2S2/c1-12-8-10-15(11-9-12)23(20,21)19-17-18-16(13(2)22-17)14-6-4-3-5-7-14/h3-11H,1-2H3,(H,18,19). The molecule has 0 spiro atoms. The van der Waals surface area contributed by atoms with Crippen molar-refractivity contribution in [1.29, 1.82) is 0 Å². The van der Waals surface area contributed by atoms with E-state index in [2.05, 4.69) is 9.71 Å². The quantitative estimate of drug-likeness (QED) is 0.770. The van der Waals surface area contributed by atoms with Crippen LogP contribution in [-0.4, -0.2) is 13.4 Å². The van der Waals surface area contributed by atoms with Gasteiger partial charge in [-0.2, -0.15) is 0 Å². The predicted octanol–water partition coefficient (Wildman–Crippen LogP) is 4.23. The summed E-state index contributed by atoms with van der Waals surface area (Å²) in [5, 5.41) is 0.377. The van der Waals surface area contributed by atoms with Crippen molar-refractivity contribution < 1.29 is 8.42 Å². The Kier molecular flexibility index (Phi) is 4.19. The van der Waals surface area contributed by atoms with Crippen LogP contribution in [0, 0.1) is 13.8 Å². The van der Waals surface area contributed by atoms with Crippen LogP contribution >= 0.6 is 11.3 Å². The van der Waals surface area contributed by atoms with E-state index in [1.165, 1.54) is 11.3 Å². The first-order valence-electron chi connectivity index (χ1n) is 7.08. The molecule has 0 radical (unpaired) electrons. The van der Waals surface area contributed by atoms with Gasteiger partial charge >= 0.3 is 0 Å². The first-order valence-corrected chi connectivity index (χ1v) is 9.38. The molecule has 0 atom stereocenters. The lowest BCUT2D eigenvalue weighted by atomic mass is 10.1. The molecule has 23 heavy (non-hydrogen) atoms. The number of aryl methyl sites for hydroxylation is 2. The van der Waals surface area contributed by atoms with Gasteiger partial charge in [0.2, 0.25) is 0 Å². The van der Waals surface area contributed by atoms with Crippen molar-refractivity contribution >= 4 is 26.5 Å². The molecular formula is C17H16N2O2S2. The second-order valence-electron chi connectivity index (χ2n) is 5.21. The van der Waals surface area contributed by atoms with Crippen LogP contribution in [0.25, 0.3) is 11.3 Å². The van der Waals surface area contributed by atoms with Crippen LogP contribution < -0.4 is 4.72 Å². The summed E-state index contributed by atoms with van der Waals surface area (Å²) < 4.78 is 27.4. The Morgan fingerprint density at radius 2 is 1.61 bits per heavy atom. The van der Waals surface area contributed by atoms with Crippen LogP contribution in [0.1, 0.15) is 10.4 Å². The molecule has 0 aliphatic carbocycles. The summed E-state index contributed by atoms with van der Waals surface area (Å²) in [5.41, 5.74) is 2.79. The van der Waals surface area contributed by atoms with Crippen molar-refractivity contribution in [2.75, 3.05) is 4.72 Å². The molecule has 0 saturated heterocycles. The Morgan fingerprint density at radius 1 is 0.957 bits per heavy atom. The van der Waals surface area contributed by atoms with Crippen LogP contribution in [0.15, 0.2) is 59.5 Å². The fourth-order valence-electron chi connectivity index (χ4n) is 2.20. The van der Waals surface area contributed by atoms with Crippen molar-refractivity contribution in [3.05, 3.63) is 65.0 Å². The molecule has 3 aromatic rings. The highest BCUT2D eigenvalue weighted by Gasteiger charge is 2.17. The van der Waals surface area contributed by atoms with Crippen LogP contribution in [-0.2, 0) is 10.0 Å². The molecule has 4 nitrogen and oxygen atoms in total. The summed E-state index contributed by atoms with van der Waals surface area (Å²) in [7, 11) is -3.62. The molecule has 0 fully saturated rings. The van der Waals surface area contributed by atoms with E-state index < -0.39 is 10.0 Å². The average Bonchev–Trinajstić information content (AvgIpc) is 2.88. The van der Waals surface area contributed by atoms with Gasteiger partial charge in [-0.3, -0.25) is 4.72 Å². The zero-order valence-electron chi connectivity index (χ0n) is 12.8. The third kappa shape index (κ3) is 3.43. The lowest BCUT2D eigenvalue weighted by Gasteiger charge is -2.05. The van der Waals surface area contributed by atoms with Crippen molar-refractivity contribution in [3.8, 4) is 11.3 Å². The molecule has 1 aromatic heterocycles. The van der Waals surface area contributed by atoms with Gasteiger partial charge < -0.3 is 0 Å². The molecule has 2 aromatic carbocycles. The van der Waals surface area contributed by atoms with E-state index in [1.54, 1.807) is 24.3 Å². The third-order valence-corrected chi connectivity index (χ3v) is 5.77. The first kappa shape index (κ1) is 15.7. The van der Waals surface area contributed by atoms with Crippen molar-refractivity contribution in [3.63, 3.8) is 0 Å². The van der Waals surface area contributed by atoms with Gasteiger partial charge in [-0.05, 0) is 26.0 Å². The number of nitrogens with zero attached hydrogens (tertiary/aromatic N) is 1. The van der Waals surface area contributed by atoms with E-state index >= 15 is 0 Å². The number of aromatic nitrogens is 1. The van der Waals surface area contributed by atoms with Crippen LogP contribution in [0.2, 0.25) is 0 Å². The largest absolute Gasteiger partial charge is 0.263 e. The Balaban J connectivity index is 1.90. The van der Waals surface area contributed by atoms with Crippen molar-refractivity contribution in [2.45, 2.75) is 18.7 Å². The van der Waals surface area contributed by atoms with E-state index in [0.717, 1.165) is 21.7 Å². The summed E-state index contributed by atoms with van der Waals surface area (Å²) in [5.74, 6) is 0. The maximum absolute atomic E-state index is 12.4. The zero-order valence-corrected chi connectivity index (χ0v) is 14.4. The normalized spacial score (nSPS) is 11.4. The predicted molar refractivity (Wildman–Crippen MR) is 94.3 cm³/mol. The third-order valence-electron chi connectivity index (χ3n) is 3.40. The van der Waals surface area contributed by atoms with Gasteiger partial charge in [-0.1, -0.05) is 48.0 Å². The summed E-state index contributed by atoms with van der Waals surface area (Å²) in [6, 6.07) is 16.5. The molecule has 0 aliphatic heterocycles. The molecule has 0 aliphatic rings. The Labute approximate surface area is 139 Å². The molecule has 1 heterocycles. The van der Waals surface area contributed by atoms with E-state index in [-0.39, 0.29) is 4.90 Å². The van der Waals surface area contributed by atoms with Gasteiger partial charge in [0.15, 0.2) is 5.13 Å². The second-order valence-corrected chi connectivity index (χ2v) is 8.09. The van der Waals surface area contributed by atoms with Crippen LogP contribution in [0.4, 0.5) is 5.13 Å². The highest BCUT2D eigenvalue weighted by atomic mass is 32.2. The highest BCUT2D eigenvalue weighted by molar-refractivity contribution is 7.93. The highest BCUT2D eigenvalue weighted by Crippen LogP contribution is 2.31. The second kappa shape index (κ2) is 6.14. The van der Waals surface area contributed by atoms with Gasteiger partial charge in [0.05, 0.1) is 10.6 Å². The maximum atomic E-state index is 12.4. The number of hydrogen-bond acceptors (Lipinski definition) is 4. The van der Waals surface area contributed by atoms with Gasteiger partial charge in [-0.15, -0.1) is 11.3 Å². The molecular weight excluding hydrogens is 328 g/mol. The maximum Gasteiger partial charge on any atom is 0.263 e. The number of anilines is 1. The molecule has 6 heteroatoms. The lowest BCUT2D eigenvalue weighted by Crippen LogP contribution is -2.12. The number of hydrogen-bond donors (Lipinski definition) is 1. The minimum absolute atomic E-state index is 0.234. The number of rotatable bonds is 4. The topological polar surface area (TPSA) is 59.1 Å². The molecule has 0 unspecified atom stereocenters. The summed E-state index contributed by atoms with van der Waals surface area (Å²) in [6.45, 7) is 3.85. The van der Waals surface area contributed by atoms with Gasteiger partial charge in [0, 0.05) is 10.4 Å².